The van der Waals surface area contributed by atoms with Crippen LogP contribution in [0.1, 0.15) is 29.3 Å². The van der Waals surface area contributed by atoms with Crippen molar-refractivity contribution in [1.29, 1.82) is 0 Å². The van der Waals surface area contributed by atoms with Crippen LogP contribution in [0.4, 0.5) is 0 Å². The lowest BCUT2D eigenvalue weighted by Crippen LogP contribution is -2.33. The molecule has 1 atom stereocenters. The minimum absolute atomic E-state index is 0.139. The summed E-state index contributed by atoms with van der Waals surface area (Å²) >= 11 is 3.35. The Labute approximate surface area is 105 Å². The van der Waals surface area contributed by atoms with Crippen molar-refractivity contribution >= 4 is 21.8 Å². The summed E-state index contributed by atoms with van der Waals surface area (Å²) in [5, 5.41) is 2.80. The molecule has 0 saturated heterocycles. The monoisotopic (exact) mass is 279 g/mol. The van der Waals surface area contributed by atoms with E-state index >= 15 is 0 Å². The van der Waals surface area contributed by atoms with Crippen LogP contribution in [0.15, 0.2) is 22.7 Å². The lowest BCUT2D eigenvalue weighted by atomic mass is 10.1. The third kappa shape index (κ3) is 3.11. The number of carbonyl (C=O) groups excluding carboxylic acids is 1. The Morgan fingerprint density at radius 1 is 1.62 bits per heavy atom. The first kappa shape index (κ1) is 12.8. The molecule has 0 radical (unpaired) electrons. The number of terminal acetylenes is 1. The number of benzene rings is 1. The van der Waals surface area contributed by atoms with Gasteiger partial charge in [0, 0.05) is 4.47 Å². The van der Waals surface area contributed by atoms with Gasteiger partial charge in [0.05, 0.1) is 11.6 Å². The van der Waals surface area contributed by atoms with Gasteiger partial charge in [-0.15, -0.1) is 6.42 Å². The van der Waals surface area contributed by atoms with Gasteiger partial charge in [0.25, 0.3) is 5.91 Å². The van der Waals surface area contributed by atoms with E-state index in [0.717, 1.165) is 16.5 Å². The van der Waals surface area contributed by atoms with E-state index in [4.69, 9.17) is 6.42 Å². The number of halogens is 1. The molecule has 1 amide bonds. The van der Waals surface area contributed by atoms with Crippen LogP contribution in [0.5, 0.6) is 0 Å². The van der Waals surface area contributed by atoms with Crippen molar-refractivity contribution in [1.82, 2.24) is 5.32 Å². The number of rotatable bonds is 3. The van der Waals surface area contributed by atoms with Gasteiger partial charge in [0.1, 0.15) is 0 Å². The Balaban J connectivity index is 2.89. The van der Waals surface area contributed by atoms with Gasteiger partial charge >= 0.3 is 0 Å². The van der Waals surface area contributed by atoms with E-state index in [0.29, 0.717) is 5.56 Å². The molecule has 0 aromatic heterocycles. The second-order valence-corrected chi connectivity index (χ2v) is 4.44. The van der Waals surface area contributed by atoms with Gasteiger partial charge in [-0.1, -0.05) is 24.5 Å². The van der Waals surface area contributed by atoms with E-state index in [1.165, 1.54) is 0 Å². The molecular formula is C13H14BrNO. The lowest BCUT2D eigenvalue weighted by Gasteiger charge is -2.12. The van der Waals surface area contributed by atoms with E-state index in [1.807, 2.05) is 32.0 Å². The molecule has 2 nitrogen and oxygen atoms in total. The summed E-state index contributed by atoms with van der Waals surface area (Å²) in [6.45, 7) is 3.89. The maximum absolute atomic E-state index is 11.9. The smallest absolute Gasteiger partial charge is 0.253 e. The second kappa shape index (κ2) is 5.72. The first-order valence-electron chi connectivity index (χ1n) is 5.11. The van der Waals surface area contributed by atoms with Gasteiger partial charge in [-0.25, -0.2) is 0 Å². The van der Waals surface area contributed by atoms with Crippen molar-refractivity contribution in [3.05, 3.63) is 33.8 Å². The molecule has 0 aliphatic heterocycles. The summed E-state index contributed by atoms with van der Waals surface area (Å²) in [5.74, 6) is 2.40. The van der Waals surface area contributed by atoms with Crippen molar-refractivity contribution in [2.45, 2.75) is 26.3 Å². The third-order valence-corrected chi connectivity index (χ3v) is 2.97. The molecule has 0 aliphatic carbocycles. The van der Waals surface area contributed by atoms with E-state index in [9.17, 15) is 4.79 Å². The van der Waals surface area contributed by atoms with Gasteiger partial charge in [-0.3, -0.25) is 4.79 Å². The molecule has 3 heteroatoms. The fourth-order valence-corrected chi connectivity index (χ4v) is 1.74. The molecule has 0 fully saturated rings. The normalized spacial score (nSPS) is 11.6. The van der Waals surface area contributed by atoms with Crippen LogP contribution in [0.3, 0.4) is 0 Å². The molecule has 0 spiro atoms. The van der Waals surface area contributed by atoms with Crippen LogP contribution in [0, 0.1) is 19.3 Å². The molecule has 16 heavy (non-hydrogen) atoms. The van der Waals surface area contributed by atoms with Crippen molar-refractivity contribution < 1.29 is 4.79 Å². The standard InChI is InChI=1S/C13H14BrNO/c1-4-10(5-2)15-13(16)11-8-9(3)6-7-12(11)14/h1,6-8,10H,5H2,2-3H3,(H,15,16). The number of amides is 1. The highest BCUT2D eigenvalue weighted by molar-refractivity contribution is 9.10. The van der Waals surface area contributed by atoms with E-state index in [2.05, 4.69) is 27.2 Å². The third-order valence-electron chi connectivity index (χ3n) is 2.28. The maximum Gasteiger partial charge on any atom is 0.253 e. The Kier molecular flexibility index (Phi) is 4.57. The summed E-state index contributed by atoms with van der Waals surface area (Å²) in [6, 6.07) is 5.43. The maximum atomic E-state index is 11.9. The largest absolute Gasteiger partial charge is 0.338 e. The highest BCUT2D eigenvalue weighted by atomic mass is 79.9. The van der Waals surface area contributed by atoms with Gasteiger partial charge in [-0.2, -0.15) is 0 Å². The lowest BCUT2D eigenvalue weighted by molar-refractivity contribution is 0.0944. The number of carbonyl (C=O) groups is 1. The van der Waals surface area contributed by atoms with Crippen LogP contribution in [-0.2, 0) is 0 Å². The number of hydrogen-bond acceptors (Lipinski definition) is 1. The van der Waals surface area contributed by atoms with Crippen LogP contribution in [0.2, 0.25) is 0 Å². The summed E-state index contributed by atoms with van der Waals surface area (Å²) in [7, 11) is 0. The minimum Gasteiger partial charge on any atom is -0.338 e. The van der Waals surface area contributed by atoms with Crippen LogP contribution in [-0.4, -0.2) is 11.9 Å². The molecule has 0 heterocycles. The highest BCUT2D eigenvalue weighted by Crippen LogP contribution is 2.18. The average Bonchev–Trinajstić information content (AvgIpc) is 2.28. The Bertz CT molecular complexity index is 434. The molecule has 0 saturated carbocycles. The Morgan fingerprint density at radius 3 is 2.88 bits per heavy atom. The SMILES string of the molecule is C#CC(CC)NC(=O)c1cc(C)ccc1Br. The van der Waals surface area contributed by atoms with E-state index in [-0.39, 0.29) is 11.9 Å². The molecule has 0 bridgehead atoms. The number of aryl methyl sites for hydroxylation is 1. The number of nitrogens with one attached hydrogen (secondary N) is 1. The molecule has 84 valence electrons. The van der Waals surface area contributed by atoms with E-state index in [1.54, 1.807) is 0 Å². The van der Waals surface area contributed by atoms with Gasteiger partial charge in [0.15, 0.2) is 0 Å². The molecule has 1 N–H and O–H groups in total. The Hall–Kier alpha value is -1.27. The van der Waals surface area contributed by atoms with E-state index < -0.39 is 0 Å². The first-order valence-corrected chi connectivity index (χ1v) is 5.91. The molecule has 0 aliphatic rings. The average molecular weight is 280 g/mol. The van der Waals surface area contributed by atoms with Crippen molar-refractivity contribution in [2.75, 3.05) is 0 Å². The second-order valence-electron chi connectivity index (χ2n) is 3.58. The zero-order valence-corrected chi connectivity index (χ0v) is 11.0. The summed E-state index contributed by atoms with van der Waals surface area (Å²) in [5.41, 5.74) is 1.66. The zero-order valence-electron chi connectivity index (χ0n) is 9.38. The number of hydrogen-bond donors (Lipinski definition) is 1. The van der Waals surface area contributed by atoms with Crippen molar-refractivity contribution in [3.8, 4) is 12.3 Å². The quantitative estimate of drug-likeness (QED) is 0.847. The molecule has 1 aromatic rings. The zero-order chi connectivity index (χ0) is 12.1. The Morgan fingerprint density at radius 2 is 2.31 bits per heavy atom. The first-order chi connectivity index (χ1) is 7.58. The van der Waals surface area contributed by atoms with Gasteiger partial charge < -0.3 is 5.32 Å². The predicted molar refractivity (Wildman–Crippen MR) is 69.3 cm³/mol. The van der Waals surface area contributed by atoms with Crippen LogP contribution >= 0.6 is 15.9 Å². The molecule has 1 unspecified atom stereocenters. The summed E-state index contributed by atoms with van der Waals surface area (Å²) in [4.78, 5) is 11.9. The molecule has 1 aromatic carbocycles. The van der Waals surface area contributed by atoms with Crippen LogP contribution < -0.4 is 5.32 Å². The van der Waals surface area contributed by atoms with Gasteiger partial charge in [0.2, 0.25) is 0 Å². The van der Waals surface area contributed by atoms with Crippen molar-refractivity contribution in [2.24, 2.45) is 0 Å². The topological polar surface area (TPSA) is 29.1 Å². The molecular weight excluding hydrogens is 266 g/mol. The fourth-order valence-electron chi connectivity index (χ4n) is 1.31. The molecule has 1 rings (SSSR count). The summed E-state index contributed by atoms with van der Waals surface area (Å²) in [6.07, 6.45) is 6.03. The van der Waals surface area contributed by atoms with Crippen LogP contribution in [0.25, 0.3) is 0 Å². The predicted octanol–water partition coefficient (Wildman–Crippen LogP) is 2.90. The summed E-state index contributed by atoms with van der Waals surface area (Å²) < 4.78 is 0.780. The minimum atomic E-state index is -0.208. The van der Waals surface area contributed by atoms with Gasteiger partial charge in [-0.05, 0) is 41.4 Å². The van der Waals surface area contributed by atoms with Crippen molar-refractivity contribution in [3.63, 3.8) is 0 Å². The fraction of sp³-hybridized carbons (Fsp3) is 0.308. The highest BCUT2D eigenvalue weighted by Gasteiger charge is 2.12.